The van der Waals surface area contributed by atoms with Crippen LogP contribution in [0.4, 0.5) is 0 Å². The minimum atomic E-state index is -1.51. The van der Waals surface area contributed by atoms with E-state index in [0.29, 0.717) is 17.5 Å². The first-order chi connectivity index (χ1) is 8.08. The molecule has 0 unspecified atom stereocenters. The number of hydrogen-bond acceptors (Lipinski definition) is 3. The Labute approximate surface area is 103 Å². The van der Waals surface area contributed by atoms with Gasteiger partial charge in [-0.05, 0) is 37.0 Å². The summed E-state index contributed by atoms with van der Waals surface area (Å²) in [6.45, 7) is 0.515. The quantitative estimate of drug-likeness (QED) is 0.647. The Balaban J connectivity index is 2.22. The highest BCUT2D eigenvalue weighted by Gasteiger charge is 2.24. The molecule has 0 aliphatic heterocycles. The van der Waals surface area contributed by atoms with E-state index in [1.807, 2.05) is 0 Å². The van der Waals surface area contributed by atoms with E-state index in [1.165, 1.54) is 12.1 Å². The molecule has 1 aliphatic carbocycles. The smallest absolute Gasteiger partial charge is 0.377 e. The van der Waals surface area contributed by atoms with E-state index in [0.717, 1.165) is 12.8 Å². The third kappa shape index (κ3) is 2.97. The number of carboxylic acid groups (broad SMARTS) is 1. The SMILES string of the molecule is O=C(O)C(=O)c1cc(Cl)ccc1OCC1CC1. The van der Waals surface area contributed by atoms with Gasteiger partial charge in [0.2, 0.25) is 0 Å². The lowest BCUT2D eigenvalue weighted by atomic mass is 10.1. The first kappa shape index (κ1) is 11.9. The Bertz CT molecular complexity index is 466. The predicted octanol–water partition coefficient (Wildman–Crippen LogP) is 2.40. The summed E-state index contributed by atoms with van der Waals surface area (Å²) in [7, 11) is 0. The van der Waals surface area contributed by atoms with E-state index in [4.69, 9.17) is 21.4 Å². The van der Waals surface area contributed by atoms with Crippen molar-refractivity contribution in [3.05, 3.63) is 28.8 Å². The van der Waals surface area contributed by atoms with Crippen LogP contribution in [-0.4, -0.2) is 23.5 Å². The van der Waals surface area contributed by atoms with E-state index < -0.39 is 11.8 Å². The van der Waals surface area contributed by atoms with Crippen LogP contribution in [0.5, 0.6) is 5.75 Å². The molecule has 5 heteroatoms. The van der Waals surface area contributed by atoms with Crippen molar-refractivity contribution in [2.24, 2.45) is 5.92 Å². The first-order valence-corrected chi connectivity index (χ1v) is 5.65. The van der Waals surface area contributed by atoms with Gasteiger partial charge in [-0.2, -0.15) is 0 Å². The molecule has 1 aromatic rings. The molecule has 0 atom stereocenters. The molecular formula is C12H11ClO4. The van der Waals surface area contributed by atoms with Crippen molar-refractivity contribution in [3.63, 3.8) is 0 Å². The number of halogens is 1. The highest BCUT2D eigenvalue weighted by atomic mass is 35.5. The first-order valence-electron chi connectivity index (χ1n) is 5.28. The van der Waals surface area contributed by atoms with Crippen molar-refractivity contribution in [1.29, 1.82) is 0 Å². The molecule has 1 N–H and O–H groups in total. The van der Waals surface area contributed by atoms with Gasteiger partial charge in [-0.25, -0.2) is 4.79 Å². The van der Waals surface area contributed by atoms with Gasteiger partial charge in [0.05, 0.1) is 12.2 Å². The average molecular weight is 255 g/mol. The van der Waals surface area contributed by atoms with E-state index in [9.17, 15) is 9.59 Å². The molecule has 1 aromatic carbocycles. The lowest BCUT2D eigenvalue weighted by molar-refractivity contribution is -0.131. The van der Waals surface area contributed by atoms with Crippen molar-refractivity contribution in [3.8, 4) is 5.75 Å². The average Bonchev–Trinajstić information content (AvgIpc) is 3.10. The van der Waals surface area contributed by atoms with Crippen LogP contribution in [0.2, 0.25) is 5.02 Å². The molecule has 0 saturated heterocycles. The summed E-state index contributed by atoms with van der Waals surface area (Å²) in [6.07, 6.45) is 2.24. The normalized spacial score (nSPS) is 14.4. The summed E-state index contributed by atoms with van der Waals surface area (Å²) in [4.78, 5) is 22.1. The Morgan fingerprint density at radius 3 is 2.71 bits per heavy atom. The summed E-state index contributed by atoms with van der Waals surface area (Å²) in [5.74, 6) is -1.70. The molecule has 0 aromatic heterocycles. The number of carboxylic acids is 1. The highest BCUT2D eigenvalue weighted by molar-refractivity contribution is 6.41. The van der Waals surface area contributed by atoms with Crippen molar-refractivity contribution < 1.29 is 19.4 Å². The van der Waals surface area contributed by atoms with Crippen molar-refractivity contribution >= 4 is 23.4 Å². The fraction of sp³-hybridized carbons (Fsp3) is 0.333. The molecule has 1 saturated carbocycles. The van der Waals surface area contributed by atoms with Crippen molar-refractivity contribution in [2.45, 2.75) is 12.8 Å². The second-order valence-corrected chi connectivity index (χ2v) is 4.47. The molecule has 0 spiro atoms. The van der Waals surface area contributed by atoms with Crippen molar-refractivity contribution in [1.82, 2.24) is 0 Å². The lowest BCUT2D eigenvalue weighted by Gasteiger charge is -2.09. The summed E-state index contributed by atoms with van der Waals surface area (Å²) in [5, 5.41) is 9.01. The zero-order valence-corrected chi connectivity index (χ0v) is 9.74. The van der Waals surface area contributed by atoms with Crippen LogP contribution < -0.4 is 4.74 Å². The minimum absolute atomic E-state index is 0.00523. The number of rotatable bonds is 5. The van der Waals surface area contributed by atoms with Crippen LogP contribution in [-0.2, 0) is 4.79 Å². The topological polar surface area (TPSA) is 63.6 Å². The number of hydrogen-bond donors (Lipinski definition) is 1. The Morgan fingerprint density at radius 1 is 1.41 bits per heavy atom. The third-order valence-electron chi connectivity index (χ3n) is 2.55. The minimum Gasteiger partial charge on any atom is -0.493 e. The number of Topliss-reactive ketones (excluding diaryl/α,β-unsaturated/α-hetero) is 1. The monoisotopic (exact) mass is 254 g/mol. The van der Waals surface area contributed by atoms with Gasteiger partial charge in [-0.15, -0.1) is 0 Å². The van der Waals surface area contributed by atoms with Crippen LogP contribution in [0.15, 0.2) is 18.2 Å². The fourth-order valence-electron chi connectivity index (χ4n) is 1.41. The van der Waals surface area contributed by atoms with Crippen LogP contribution in [0.3, 0.4) is 0 Å². The molecule has 2 rings (SSSR count). The van der Waals surface area contributed by atoms with Gasteiger partial charge in [0.25, 0.3) is 5.78 Å². The van der Waals surface area contributed by atoms with Gasteiger partial charge in [-0.1, -0.05) is 11.6 Å². The molecule has 0 amide bonds. The predicted molar refractivity (Wildman–Crippen MR) is 61.6 cm³/mol. The number of carbonyl (C=O) groups is 2. The van der Waals surface area contributed by atoms with E-state index >= 15 is 0 Å². The van der Waals surface area contributed by atoms with Gasteiger partial charge in [-0.3, -0.25) is 4.79 Å². The zero-order valence-electron chi connectivity index (χ0n) is 8.98. The van der Waals surface area contributed by atoms with Crippen molar-refractivity contribution in [2.75, 3.05) is 6.61 Å². The highest BCUT2D eigenvalue weighted by Crippen LogP contribution is 2.31. The second kappa shape index (κ2) is 4.75. The third-order valence-corrected chi connectivity index (χ3v) is 2.79. The summed E-state index contributed by atoms with van der Waals surface area (Å²) in [6, 6.07) is 4.42. The largest absolute Gasteiger partial charge is 0.493 e. The Kier molecular flexibility index (Phi) is 3.33. The molecule has 4 nitrogen and oxygen atoms in total. The maximum absolute atomic E-state index is 11.4. The Morgan fingerprint density at radius 2 is 2.12 bits per heavy atom. The maximum atomic E-state index is 11.4. The molecule has 0 bridgehead atoms. The van der Waals surface area contributed by atoms with Gasteiger partial charge < -0.3 is 9.84 Å². The molecule has 0 radical (unpaired) electrons. The zero-order chi connectivity index (χ0) is 12.4. The summed E-state index contributed by atoms with van der Waals surface area (Å²) >= 11 is 5.74. The van der Waals surface area contributed by atoms with Gasteiger partial charge in [0.15, 0.2) is 0 Å². The molecule has 90 valence electrons. The lowest BCUT2D eigenvalue weighted by Crippen LogP contribution is -2.14. The van der Waals surface area contributed by atoms with E-state index in [1.54, 1.807) is 6.07 Å². The Hall–Kier alpha value is -1.55. The van der Waals surface area contributed by atoms with Crippen LogP contribution in [0.25, 0.3) is 0 Å². The summed E-state index contributed by atoms with van der Waals surface area (Å²) in [5.41, 5.74) is 0.00523. The summed E-state index contributed by atoms with van der Waals surface area (Å²) < 4.78 is 5.44. The molecule has 0 heterocycles. The molecular weight excluding hydrogens is 244 g/mol. The van der Waals surface area contributed by atoms with E-state index in [2.05, 4.69) is 0 Å². The maximum Gasteiger partial charge on any atom is 0.377 e. The van der Waals surface area contributed by atoms with Crippen LogP contribution in [0, 0.1) is 5.92 Å². The number of ketones is 1. The molecule has 1 fully saturated rings. The molecule has 17 heavy (non-hydrogen) atoms. The standard InChI is InChI=1S/C12H11ClO4/c13-8-3-4-10(17-6-7-1-2-7)9(5-8)11(14)12(15)16/h3-5,7H,1-2,6H2,(H,15,16). The number of aliphatic carboxylic acids is 1. The number of carbonyl (C=O) groups excluding carboxylic acids is 1. The van der Waals surface area contributed by atoms with E-state index in [-0.39, 0.29) is 11.3 Å². The second-order valence-electron chi connectivity index (χ2n) is 4.03. The molecule has 1 aliphatic rings. The van der Waals surface area contributed by atoms with Crippen LogP contribution >= 0.6 is 11.6 Å². The van der Waals surface area contributed by atoms with Gasteiger partial charge in [0, 0.05) is 5.02 Å². The van der Waals surface area contributed by atoms with Gasteiger partial charge in [0.1, 0.15) is 5.75 Å². The van der Waals surface area contributed by atoms with Gasteiger partial charge >= 0.3 is 5.97 Å². The van der Waals surface area contributed by atoms with Crippen LogP contribution in [0.1, 0.15) is 23.2 Å². The number of ether oxygens (including phenoxy) is 1. The number of benzene rings is 1. The fourth-order valence-corrected chi connectivity index (χ4v) is 1.58.